The van der Waals surface area contributed by atoms with E-state index in [1.54, 1.807) is 0 Å². The van der Waals surface area contributed by atoms with E-state index in [2.05, 4.69) is 41.4 Å². The molecule has 140 valence electrons. The van der Waals surface area contributed by atoms with Gasteiger partial charge in [-0.25, -0.2) is 0 Å². The smallest absolute Gasteiger partial charge is 0.234 e. The Bertz CT molecular complexity index is 501. The van der Waals surface area contributed by atoms with Crippen molar-refractivity contribution in [2.24, 2.45) is 0 Å². The van der Waals surface area contributed by atoms with Crippen LogP contribution in [0.4, 0.5) is 0 Å². The van der Waals surface area contributed by atoms with Gasteiger partial charge in [0.25, 0.3) is 0 Å². The second kappa shape index (κ2) is 11.6. The predicted octanol–water partition coefficient (Wildman–Crippen LogP) is 3.87. The molecule has 0 saturated carbocycles. The standard InChI is InChI=1S/C20H32N2O2S/c1-3-4-5-6-15-25-19-9-7-18(8-10-19)17(2)21-20(23)16-22-11-13-24-14-12-22/h7-10,17H,3-6,11-16H2,1-2H3,(H,21,23). The summed E-state index contributed by atoms with van der Waals surface area (Å²) < 4.78 is 5.31. The second-order valence-corrected chi connectivity index (χ2v) is 7.82. The van der Waals surface area contributed by atoms with E-state index in [0.717, 1.165) is 31.9 Å². The summed E-state index contributed by atoms with van der Waals surface area (Å²) in [4.78, 5) is 15.6. The van der Waals surface area contributed by atoms with Crippen LogP contribution in [0.5, 0.6) is 0 Å². The van der Waals surface area contributed by atoms with Crippen LogP contribution in [0.2, 0.25) is 0 Å². The van der Waals surface area contributed by atoms with E-state index in [0.29, 0.717) is 6.54 Å². The molecule has 1 aliphatic heterocycles. The lowest BCUT2D eigenvalue weighted by atomic mass is 10.1. The summed E-state index contributed by atoms with van der Waals surface area (Å²) in [6.07, 6.45) is 5.23. The third-order valence-electron chi connectivity index (χ3n) is 4.50. The number of carbonyl (C=O) groups excluding carboxylic acids is 1. The van der Waals surface area contributed by atoms with E-state index in [-0.39, 0.29) is 11.9 Å². The van der Waals surface area contributed by atoms with Gasteiger partial charge in [-0.3, -0.25) is 9.69 Å². The summed E-state index contributed by atoms with van der Waals surface area (Å²) in [6.45, 7) is 7.87. The minimum Gasteiger partial charge on any atom is -0.379 e. The first-order chi connectivity index (χ1) is 12.2. The molecule has 1 atom stereocenters. The first kappa shape index (κ1) is 20.3. The maximum atomic E-state index is 12.2. The number of nitrogens with one attached hydrogen (secondary N) is 1. The van der Waals surface area contributed by atoms with Crippen LogP contribution in [-0.4, -0.2) is 49.4 Å². The van der Waals surface area contributed by atoms with Gasteiger partial charge in [0.05, 0.1) is 25.8 Å². The molecule has 25 heavy (non-hydrogen) atoms. The average molecular weight is 365 g/mol. The normalized spacial score (nSPS) is 16.6. The summed E-state index contributed by atoms with van der Waals surface area (Å²) in [6, 6.07) is 8.65. The van der Waals surface area contributed by atoms with Crippen molar-refractivity contribution in [1.29, 1.82) is 0 Å². The largest absolute Gasteiger partial charge is 0.379 e. The maximum absolute atomic E-state index is 12.2. The van der Waals surface area contributed by atoms with Crippen LogP contribution in [0.3, 0.4) is 0 Å². The lowest BCUT2D eigenvalue weighted by Crippen LogP contribution is -2.43. The first-order valence-electron chi connectivity index (χ1n) is 9.51. The third kappa shape index (κ3) is 7.80. The number of amides is 1. The molecule has 0 aromatic heterocycles. The molecule has 1 aromatic rings. The first-order valence-corrected chi connectivity index (χ1v) is 10.5. The molecule has 0 spiro atoms. The third-order valence-corrected chi connectivity index (χ3v) is 5.59. The Morgan fingerprint density at radius 3 is 2.60 bits per heavy atom. The molecule has 1 aliphatic rings. The molecule has 1 heterocycles. The highest BCUT2D eigenvalue weighted by Crippen LogP contribution is 2.22. The highest BCUT2D eigenvalue weighted by molar-refractivity contribution is 7.99. The van der Waals surface area contributed by atoms with Gasteiger partial charge in [-0.1, -0.05) is 38.3 Å². The Morgan fingerprint density at radius 1 is 1.20 bits per heavy atom. The SMILES string of the molecule is CCCCCCSc1ccc(C(C)NC(=O)CN2CCOCC2)cc1. The van der Waals surface area contributed by atoms with Gasteiger partial charge < -0.3 is 10.1 Å². The molecule has 1 aromatic carbocycles. The van der Waals surface area contributed by atoms with E-state index in [4.69, 9.17) is 4.74 Å². The quantitative estimate of drug-likeness (QED) is 0.505. The number of ether oxygens (including phenoxy) is 1. The molecule has 1 unspecified atom stereocenters. The summed E-state index contributed by atoms with van der Waals surface area (Å²) in [5.41, 5.74) is 1.16. The summed E-state index contributed by atoms with van der Waals surface area (Å²) >= 11 is 1.92. The lowest BCUT2D eigenvalue weighted by molar-refractivity contribution is -0.123. The van der Waals surface area contributed by atoms with Gasteiger partial charge >= 0.3 is 0 Å². The van der Waals surface area contributed by atoms with Crippen molar-refractivity contribution >= 4 is 17.7 Å². The highest BCUT2D eigenvalue weighted by Gasteiger charge is 2.16. The van der Waals surface area contributed by atoms with Crippen molar-refractivity contribution in [3.8, 4) is 0 Å². The zero-order valence-corrected chi connectivity index (χ0v) is 16.4. The van der Waals surface area contributed by atoms with Gasteiger partial charge in [-0.15, -0.1) is 11.8 Å². The minimum atomic E-state index is 0.0390. The number of thioether (sulfide) groups is 1. The van der Waals surface area contributed by atoms with Crippen molar-refractivity contribution in [2.45, 2.75) is 50.5 Å². The number of carbonyl (C=O) groups is 1. The Hall–Kier alpha value is -1.04. The minimum absolute atomic E-state index is 0.0390. The van der Waals surface area contributed by atoms with Crippen LogP contribution in [0, 0.1) is 0 Å². The second-order valence-electron chi connectivity index (χ2n) is 6.66. The Morgan fingerprint density at radius 2 is 1.92 bits per heavy atom. The monoisotopic (exact) mass is 364 g/mol. The number of unbranched alkanes of at least 4 members (excludes halogenated alkanes) is 3. The van der Waals surface area contributed by atoms with E-state index in [1.807, 2.05) is 18.7 Å². The van der Waals surface area contributed by atoms with Crippen molar-refractivity contribution in [2.75, 3.05) is 38.6 Å². The Balaban J connectivity index is 1.71. The lowest BCUT2D eigenvalue weighted by Gasteiger charge is -2.26. The van der Waals surface area contributed by atoms with Gasteiger partial charge in [-0.2, -0.15) is 0 Å². The molecule has 1 amide bonds. The van der Waals surface area contributed by atoms with Crippen LogP contribution >= 0.6 is 11.8 Å². The van der Waals surface area contributed by atoms with Crippen molar-refractivity contribution in [3.63, 3.8) is 0 Å². The van der Waals surface area contributed by atoms with Crippen molar-refractivity contribution in [3.05, 3.63) is 29.8 Å². The fourth-order valence-corrected chi connectivity index (χ4v) is 3.82. The van der Waals surface area contributed by atoms with Gasteiger partial charge in [0.2, 0.25) is 5.91 Å². The molecular formula is C20H32N2O2S. The molecular weight excluding hydrogens is 332 g/mol. The zero-order chi connectivity index (χ0) is 17.9. The Labute approximate surface area is 156 Å². The summed E-state index contributed by atoms with van der Waals surface area (Å²) in [7, 11) is 0. The molecule has 5 heteroatoms. The number of morpholine rings is 1. The van der Waals surface area contributed by atoms with Crippen LogP contribution in [0.1, 0.15) is 51.1 Å². The molecule has 0 radical (unpaired) electrons. The number of hydrogen-bond donors (Lipinski definition) is 1. The molecule has 1 fully saturated rings. The van der Waals surface area contributed by atoms with Gasteiger partial charge in [0.1, 0.15) is 0 Å². The van der Waals surface area contributed by atoms with Crippen LogP contribution in [0.15, 0.2) is 29.2 Å². The average Bonchev–Trinajstić information content (AvgIpc) is 2.63. The molecule has 2 rings (SSSR count). The molecule has 0 aliphatic carbocycles. The predicted molar refractivity (Wildman–Crippen MR) is 105 cm³/mol. The van der Waals surface area contributed by atoms with Gasteiger partial charge in [-0.05, 0) is 36.8 Å². The molecule has 1 saturated heterocycles. The van der Waals surface area contributed by atoms with Crippen molar-refractivity contribution in [1.82, 2.24) is 10.2 Å². The highest BCUT2D eigenvalue weighted by atomic mass is 32.2. The Kier molecular flexibility index (Phi) is 9.37. The van der Waals surface area contributed by atoms with Gasteiger partial charge in [0, 0.05) is 18.0 Å². The number of nitrogens with zero attached hydrogens (tertiary/aromatic N) is 1. The van der Waals surface area contributed by atoms with E-state index < -0.39 is 0 Å². The maximum Gasteiger partial charge on any atom is 0.234 e. The molecule has 1 N–H and O–H groups in total. The number of rotatable bonds is 10. The fraction of sp³-hybridized carbons (Fsp3) is 0.650. The van der Waals surface area contributed by atoms with Gasteiger partial charge in [0.15, 0.2) is 0 Å². The number of hydrogen-bond acceptors (Lipinski definition) is 4. The zero-order valence-electron chi connectivity index (χ0n) is 15.6. The van der Waals surface area contributed by atoms with Crippen LogP contribution in [-0.2, 0) is 9.53 Å². The molecule has 4 nitrogen and oxygen atoms in total. The summed E-state index contributed by atoms with van der Waals surface area (Å²) in [5.74, 6) is 1.27. The van der Waals surface area contributed by atoms with E-state index >= 15 is 0 Å². The van der Waals surface area contributed by atoms with E-state index in [1.165, 1.54) is 36.3 Å². The topological polar surface area (TPSA) is 41.6 Å². The van der Waals surface area contributed by atoms with Crippen molar-refractivity contribution < 1.29 is 9.53 Å². The fourth-order valence-electron chi connectivity index (χ4n) is 2.90. The van der Waals surface area contributed by atoms with Crippen LogP contribution < -0.4 is 5.32 Å². The van der Waals surface area contributed by atoms with Crippen LogP contribution in [0.25, 0.3) is 0 Å². The summed E-state index contributed by atoms with van der Waals surface area (Å²) in [5, 5.41) is 3.10. The van der Waals surface area contributed by atoms with E-state index in [9.17, 15) is 4.79 Å². The molecule has 0 bridgehead atoms. The number of benzene rings is 1.